The summed E-state index contributed by atoms with van der Waals surface area (Å²) in [6, 6.07) is -3.91. The lowest BCUT2D eigenvalue weighted by Gasteiger charge is -2.29. The first-order valence-electron chi connectivity index (χ1n) is 16.0. The molecule has 0 aromatic heterocycles. The van der Waals surface area contributed by atoms with E-state index in [1.807, 2.05) is 0 Å². The van der Waals surface area contributed by atoms with Gasteiger partial charge >= 0.3 is 5.97 Å². The summed E-state index contributed by atoms with van der Waals surface area (Å²) >= 11 is 0. The van der Waals surface area contributed by atoms with Crippen LogP contribution in [-0.2, 0) is 23.9 Å². The summed E-state index contributed by atoms with van der Waals surface area (Å²) < 4.78 is 5.71. The molecule has 1 heterocycles. The van der Waals surface area contributed by atoms with Crippen LogP contribution in [0.1, 0.15) is 118 Å². The predicted octanol–water partition coefficient (Wildman–Crippen LogP) is 2.48. The molecule has 0 spiro atoms. The number of carbonyl (C=O) groups excluding carboxylic acids is 4. The van der Waals surface area contributed by atoms with E-state index >= 15 is 0 Å². The third-order valence-electron chi connectivity index (χ3n) is 8.06. The van der Waals surface area contributed by atoms with E-state index in [-0.39, 0.29) is 12.3 Å². The fourth-order valence-electron chi connectivity index (χ4n) is 5.15. The molecule has 3 amide bonds. The van der Waals surface area contributed by atoms with Gasteiger partial charge in [-0.15, -0.1) is 0 Å². The summed E-state index contributed by atoms with van der Waals surface area (Å²) in [6.07, 6.45) is 9.54. The van der Waals surface area contributed by atoms with Gasteiger partial charge in [-0.1, -0.05) is 91.9 Å². The molecule has 42 heavy (non-hydrogen) atoms. The molecule has 244 valence electrons. The fraction of sp³-hybridized carbons (Fsp3) is 0.871. The summed E-state index contributed by atoms with van der Waals surface area (Å²) in [7, 11) is 0. The van der Waals surface area contributed by atoms with Gasteiger partial charge in [-0.2, -0.15) is 0 Å². The van der Waals surface area contributed by atoms with E-state index in [1.165, 1.54) is 51.9 Å². The van der Waals surface area contributed by atoms with Crippen molar-refractivity contribution in [3.05, 3.63) is 0 Å². The Bertz CT molecular complexity index is 822. The zero-order chi connectivity index (χ0) is 31.7. The van der Waals surface area contributed by atoms with E-state index < -0.39 is 72.7 Å². The quantitative estimate of drug-likeness (QED) is 0.123. The van der Waals surface area contributed by atoms with Gasteiger partial charge < -0.3 is 36.0 Å². The molecule has 7 atom stereocenters. The highest BCUT2D eigenvalue weighted by atomic mass is 16.5. The van der Waals surface area contributed by atoms with Gasteiger partial charge in [-0.05, 0) is 25.7 Å². The van der Waals surface area contributed by atoms with Crippen molar-refractivity contribution in [2.75, 3.05) is 6.61 Å². The van der Waals surface area contributed by atoms with Crippen LogP contribution in [-0.4, -0.2) is 82.1 Å². The molecule has 11 heteroatoms. The normalized spacial score (nSPS) is 27.4. The largest absolute Gasteiger partial charge is 0.460 e. The standard InChI is InChI=1S/C31H57N3O8/c1-6-7-8-9-10-11-12-13-14-15-16-17-25-21(4)24(37)18-26(38)33-27(20(2)3)29(39)34-28(22(5)36)30(40)32-23(19-35)31(41)42-25/h20-25,27-28,35-37H,6-19H2,1-5H3,(H,32,40)(H,33,38)(H,34,39)/t21-,22-,23+,24+,25-,27+,28+/m1/s1. The zero-order valence-corrected chi connectivity index (χ0v) is 26.4. The number of aliphatic hydroxyl groups excluding tert-OH is 3. The number of esters is 1. The maximum atomic E-state index is 13.0. The number of nitrogens with one attached hydrogen (secondary N) is 3. The average Bonchev–Trinajstić information content (AvgIpc) is 2.93. The van der Waals surface area contributed by atoms with Crippen LogP contribution in [0.5, 0.6) is 0 Å². The molecule has 1 saturated heterocycles. The zero-order valence-electron chi connectivity index (χ0n) is 26.4. The number of ether oxygens (including phenoxy) is 1. The molecule has 0 bridgehead atoms. The number of amides is 3. The fourth-order valence-corrected chi connectivity index (χ4v) is 5.15. The molecule has 11 nitrogen and oxygen atoms in total. The Balaban J connectivity index is 2.96. The number of carbonyl (C=O) groups is 4. The number of rotatable bonds is 15. The Hall–Kier alpha value is -2.24. The summed E-state index contributed by atoms with van der Waals surface area (Å²) in [5.74, 6) is -4.03. The Morgan fingerprint density at radius 2 is 1.33 bits per heavy atom. The summed E-state index contributed by atoms with van der Waals surface area (Å²) in [5.41, 5.74) is 0. The molecule has 0 aromatic rings. The minimum absolute atomic E-state index is 0.315. The molecule has 0 saturated carbocycles. The van der Waals surface area contributed by atoms with Crippen LogP contribution in [0.2, 0.25) is 0 Å². The van der Waals surface area contributed by atoms with Gasteiger partial charge in [0, 0.05) is 5.92 Å². The minimum Gasteiger partial charge on any atom is -0.460 e. The van der Waals surface area contributed by atoms with Crippen LogP contribution >= 0.6 is 0 Å². The Kier molecular flexibility index (Phi) is 18.6. The van der Waals surface area contributed by atoms with Crippen LogP contribution in [0, 0.1) is 11.8 Å². The predicted molar refractivity (Wildman–Crippen MR) is 160 cm³/mol. The van der Waals surface area contributed by atoms with E-state index in [1.54, 1.807) is 20.8 Å². The molecule has 0 unspecified atom stereocenters. The Labute approximate surface area is 251 Å². The van der Waals surface area contributed by atoms with Crippen LogP contribution in [0.4, 0.5) is 0 Å². The second kappa shape index (κ2) is 20.6. The van der Waals surface area contributed by atoms with E-state index in [9.17, 15) is 34.5 Å². The van der Waals surface area contributed by atoms with Crippen LogP contribution < -0.4 is 16.0 Å². The molecular weight excluding hydrogens is 542 g/mol. The Morgan fingerprint density at radius 1 is 0.810 bits per heavy atom. The van der Waals surface area contributed by atoms with Crippen molar-refractivity contribution in [2.45, 2.75) is 155 Å². The molecule has 0 aromatic carbocycles. The second-order valence-electron chi connectivity index (χ2n) is 12.2. The second-order valence-corrected chi connectivity index (χ2v) is 12.2. The van der Waals surface area contributed by atoms with Crippen LogP contribution in [0.25, 0.3) is 0 Å². The van der Waals surface area contributed by atoms with Gasteiger partial charge in [0.25, 0.3) is 0 Å². The van der Waals surface area contributed by atoms with Gasteiger partial charge in [-0.25, -0.2) is 4.79 Å². The van der Waals surface area contributed by atoms with Crippen molar-refractivity contribution in [3.63, 3.8) is 0 Å². The van der Waals surface area contributed by atoms with Crippen molar-refractivity contribution >= 4 is 23.7 Å². The van der Waals surface area contributed by atoms with Crippen molar-refractivity contribution in [2.24, 2.45) is 11.8 Å². The lowest BCUT2D eigenvalue weighted by Crippen LogP contribution is -2.60. The third-order valence-corrected chi connectivity index (χ3v) is 8.06. The van der Waals surface area contributed by atoms with Gasteiger partial charge in [0.15, 0.2) is 6.04 Å². The molecule has 6 N–H and O–H groups in total. The maximum Gasteiger partial charge on any atom is 0.331 e. The van der Waals surface area contributed by atoms with Crippen LogP contribution in [0.15, 0.2) is 0 Å². The minimum atomic E-state index is -1.45. The monoisotopic (exact) mass is 599 g/mol. The number of hydrogen-bond acceptors (Lipinski definition) is 8. The molecule has 1 aliphatic heterocycles. The number of cyclic esters (lactones) is 1. The maximum absolute atomic E-state index is 13.0. The summed E-state index contributed by atoms with van der Waals surface area (Å²) in [5, 5.41) is 38.4. The van der Waals surface area contributed by atoms with Gasteiger partial charge in [0.05, 0.1) is 25.2 Å². The number of unbranched alkanes of at least 4 members (excludes halogenated alkanes) is 10. The summed E-state index contributed by atoms with van der Waals surface area (Å²) in [6.45, 7) is 7.87. The lowest BCUT2D eigenvalue weighted by molar-refractivity contribution is -0.159. The number of aliphatic hydroxyl groups is 3. The van der Waals surface area contributed by atoms with E-state index in [2.05, 4.69) is 22.9 Å². The van der Waals surface area contributed by atoms with E-state index in [0.717, 1.165) is 25.7 Å². The lowest BCUT2D eigenvalue weighted by atomic mass is 9.91. The van der Waals surface area contributed by atoms with E-state index in [4.69, 9.17) is 4.74 Å². The van der Waals surface area contributed by atoms with Gasteiger partial charge in [-0.3, -0.25) is 14.4 Å². The van der Waals surface area contributed by atoms with E-state index in [0.29, 0.717) is 6.42 Å². The highest BCUT2D eigenvalue weighted by Gasteiger charge is 2.36. The smallest absolute Gasteiger partial charge is 0.331 e. The molecule has 0 aliphatic carbocycles. The topological polar surface area (TPSA) is 174 Å². The highest BCUT2D eigenvalue weighted by molar-refractivity contribution is 5.94. The van der Waals surface area contributed by atoms with Crippen molar-refractivity contribution in [1.29, 1.82) is 0 Å². The van der Waals surface area contributed by atoms with Crippen LogP contribution in [0.3, 0.4) is 0 Å². The highest BCUT2D eigenvalue weighted by Crippen LogP contribution is 2.23. The first-order chi connectivity index (χ1) is 19.9. The van der Waals surface area contributed by atoms with Gasteiger partial charge in [0.1, 0.15) is 18.2 Å². The number of hydrogen-bond donors (Lipinski definition) is 6. The average molecular weight is 600 g/mol. The molecule has 1 aliphatic rings. The molecular formula is C31H57N3O8. The molecule has 1 rings (SSSR count). The van der Waals surface area contributed by atoms with Crippen molar-refractivity contribution in [1.82, 2.24) is 16.0 Å². The first-order valence-corrected chi connectivity index (χ1v) is 16.0. The SMILES string of the molecule is CCCCCCCCCCCCC[C@H]1OC(=O)[C@H](CO)NC(=O)[C@H]([C@@H](C)O)NC(=O)[C@H](C(C)C)NC(=O)C[C@H](O)[C@H]1C. The molecule has 0 radical (unpaired) electrons. The van der Waals surface area contributed by atoms with Crippen molar-refractivity contribution in [3.8, 4) is 0 Å². The Morgan fingerprint density at radius 3 is 1.83 bits per heavy atom. The van der Waals surface area contributed by atoms with Crippen molar-refractivity contribution < 1.29 is 39.2 Å². The third kappa shape index (κ3) is 13.8. The first kappa shape index (κ1) is 37.8. The van der Waals surface area contributed by atoms with Gasteiger partial charge in [0.2, 0.25) is 17.7 Å². The molecule has 1 fully saturated rings. The summed E-state index contributed by atoms with van der Waals surface area (Å²) in [4.78, 5) is 51.8.